The van der Waals surface area contributed by atoms with Gasteiger partial charge in [-0.15, -0.1) is 0 Å². The number of ether oxygens (including phenoxy) is 9. The predicted molar refractivity (Wildman–Crippen MR) is 198 cm³/mol. The number of aliphatic hydroxyl groups is 4. The number of rotatable bonds is 18. The van der Waals surface area contributed by atoms with Gasteiger partial charge in [0.05, 0.1) is 53.9 Å². The molecule has 0 saturated carbocycles. The van der Waals surface area contributed by atoms with E-state index in [0.717, 1.165) is 22.3 Å². The summed E-state index contributed by atoms with van der Waals surface area (Å²) in [6.45, 7) is 0.348. The van der Waals surface area contributed by atoms with Crippen LogP contribution in [0.25, 0.3) is 0 Å². The molecule has 6 rings (SSSR count). The Hall–Kier alpha value is -3.96. The third kappa shape index (κ3) is 11.1. The van der Waals surface area contributed by atoms with E-state index in [-0.39, 0.29) is 39.6 Å². The minimum atomic E-state index is -1.47. The van der Waals surface area contributed by atoms with Crippen LogP contribution < -0.4 is 9.47 Å². The average molecular weight is 763 g/mol. The molecule has 4 aromatic carbocycles. The van der Waals surface area contributed by atoms with Gasteiger partial charge in [-0.25, -0.2) is 0 Å². The van der Waals surface area contributed by atoms with Gasteiger partial charge in [-0.05, 0) is 46.5 Å². The molecule has 2 aliphatic heterocycles. The summed E-state index contributed by atoms with van der Waals surface area (Å²) < 4.78 is 53.6. The van der Waals surface area contributed by atoms with Crippen molar-refractivity contribution in [1.29, 1.82) is 0 Å². The second-order valence-electron chi connectivity index (χ2n) is 13.4. The van der Waals surface area contributed by atoms with Gasteiger partial charge in [0.1, 0.15) is 60.3 Å². The standard InChI is InChI=1S/C42H50O13/c1-47-31-17-13-29(14-18-31)21-49-25-33-35(43)37(45)39(51-23-27-9-5-3-6-10-27)41(53-33)55-42-40(52-24-28-11-7-4-8-12-28)38(46)36(44)34(54-42)26-50-22-30-15-19-32(48-2)20-16-30/h3-20,33-46H,21-26H2,1-2H3/t33?,34?,35-,36-,37?,38?,39?,40?,41-,42-/m1/s1. The van der Waals surface area contributed by atoms with Crippen molar-refractivity contribution in [3.63, 3.8) is 0 Å². The quantitative estimate of drug-likeness (QED) is 0.117. The van der Waals surface area contributed by atoms with Gasteiger partial charge in [0, 0.05) is 0 Å². The SMILES string of the molecule is COc1ccc(COCC2O[C@H](O[C@H]3OC(COCc4ccc(OC)cc4)[C@@H](O)C(O)C3OCc3ccccc3)C(OCc3ccccc3)C(O)[C@@H]2O)cc1. The Labute approximate surface area is 320 Å². The van der Waals surface area contributed by atoms with Crippen LogP contribution in [0.1, 0.15) is 22.3 Å². The molecule has 0 spiro atoms. The third-order valence-electron chi connectivity index (χ3n) is 9.55. The smallest absolute Gasteiger partial charge is 0.190 e. The topological polar surface area (TPSA) is 164 Å². The van der Waals surface area contributed by atoms with Crippen LogP contribution in [0.2, 0.25) is 0 Å². The molecule has 2 aliphatic rings. The molecule has 13 heteroatoms. The maximum atomic E-state index is 11.5. The summed E-state index contributed by atoms with van der Waals surface area (Å²) in [5.41, 5.74) is 3.37. The first-order valence-electron chi connectivity index (χ1n) is 18.2. The second kappa shape index (κ2) is 20.3. The van der Waals surface area contributed by atoms with Gasteiger partial charge >= 0.3 is 0 Å². The minimum Gasteiger partial charge on any atom is -0.497 e. The van der Waals surface area contributed by atoms with E-state index in [2.05, 4.69) is 0 Å². The maximum absolute atomic E-state index is 11.5. The Bertz CT molecular complexity index is 1550. The lowest BCUT2D eigenvalue weighted by Crippen LogP contribution is -2.64. The molecule has 2 fully saturated rings. The van der Waals surface area contributed by atoms with Crippen molar-refractivity contribution in [2.75, 3.05) is 27.4 Å². The van der Waals surface area contributed by atoms with Crippen LogP contribution >= 0.6 is 0 Å². The molecule has 6 unspecified atom stereocenters. The van der Waals surface area contributed by atoms with Crippen molar-refractivity contribution in [1.82, 2.24) is 0 Å². The molecular formula is C42H50O13. The van der Waals surface area contributed by atoms with Crippen LogP contribution in [-0.4, -0.2) is 109 Å². The van der Waals surface area contributed by atoms with Crippen molar-refractivity contribution in [2.45, 2.75) is 87.8 Å². The molecule has 0 aliphatic carbocycles. The molecule has 0 radical (unpaired) electrons. The summed E-state index contributed by atoms with van der Waals surface area (Å²) in [7, 11) is 3.18. The van der Waals surface area contributed by atoms with Gasteiger partial charge in [-0.1, -0.05) is 84.9 Å². The predicted octanol–water partition coefficient (Wildman–Crippen LogP) is 3.52. The fourth-order valence-corrected chi connectivity index (χ4v) is 6.35. The minimum absolute atomic E-state index is 0.0692. The van der Waals surface area contributed by atoms with E-state index in [1.165, 1.54) is 0 Å². The fraction of sp³-hybridized carbons (Fsp3) is 0.429. The van der Waals surface area contributed by atoms with E-state index in [1.807, 2.05) is 109 Å². The first kappa shape index (κ1) is 40.7. The number of aliphatic hydroxyl groups excluding tert-OH is 4. The van der Waals surface area contributed by atoms with Gasteiger partial charge in [-0.3, -0.25) is 0 Å². The number of hydrogen-bond acceptors (Lipinski definition) is 13. The first-order chi connectivity index (χ1) is 26.8. The number of benzene rings is 4. The summed E-state index contributed by atoms with van der Waals surface area (Å²) in [5, 5.41) is 45.4. The molecule has 2 saturated heterocycles. The maximum Gasteiger partial charge on any atom is 0.190 e. The van der Waals surface area contributed by atoms with Gasteiger partial charge in [0.2, 0.25) is 0 Å². The summed E-state index contributed by atoms with van der Waals surface area (Å²) in [5.74, 6) is 1.42. The van der Waals surface area contributed by atoms with Crippen LogP contribution in [0.3, 0.4) is 0 Å². The number of methoxy groups -OCH3 is 2. The number of hydrogen-bond donors (Lipinski definition) is 4. The highest BCUT2D eigenvalue weighted by Gasteiger charge is 2.51. The van der Waals surface area contributed by atoms with E-state index < -0.39 is 61.4 Å². The Morgan fingerprint density at radius 3 is 1.18 bits per heavy atom. The highest BCUT2D eigenvalue weighted by atomic mass is 16.8. The summed E-state index contributed by atoms with van der Waals surface area (Å²) in [6.07, 6.45) is -12.9. The van der Waals surface area contributed by atoms with E-state index in [0.29, 0.717) is 11.5 Å². The van der Waals surface area contributed by atoms with Crippen LogP contribution in [0, 0.1) is 0 Å². The van der Waals surface area contributed by atoms with E-state index in [1.54, 1.807) is 14.2 Å². The van der Waals surface area contributed by atoms with Crippen molar-refractivity contribution < 1.29 is 63.1 Å². The van der Waals surface area contributed by atoms with Gasteiger partial charge in [-0.2, -0.15) is 0 Å². The highest BCUT2D eigenvalue weighted by molar-refractivity contribution is 5.27. The average Bonchev–Trinajstić information content (AvgIpc) is 3.22. The molecule has 0 aromatic heterocycles. The Kier molecular flexibility index (Phi) is 15.0. The summed E-state index contributed by atoms with van der Waals surface area (Å²) >= 11 is 0. The lowest BCUT2D eigenvalue weighted by Gasteiger charge is -2.47. The van der Waals surface area contributed by atoms with Crippen LogP contribution in [0.4, 0.5) is 0 Å². The Morgan fingerprint density at radius 1 is 0.455 bits per heavy atom. The zero-order chi connectivity index (χ0) is 38.6. The summed E-state index contributed by atoms with van der Waals surface area (Å²) in [4.78, 5) is 0. The van der Waals surface area contributed by atoms with E-state index >= 15 is 0 Å². The largest absolute Gasteiger partial charge is 0.497 e. The molecule has 10 atom stereocenters. The van der Waals surface area contributed by atoms with Crippen LogP contribution in [0.5, 0.6) is 11.5 Å². The molecular weight excluding hydrogens is 712 g/mol. The molecule has 4 N–H and O–H groups in total. The molecule has 55 heavy (non-hydrogen) atoms. The van der Waals surface area contributed by atoms with Crippen LogP contribution in [-0.2, 0) is 59.6 Å². The molecule has 13 nitrogen and oxygen atoms in total. The normalized spacial score (nSPS) is 28.1. The highest BCUT2D eigenvalue weighted by Crippen LogP contribution is 2.32. The van der Waals surface area contributed by atoms with Crippen molar-refractivity contribution in [2.24, 2.45) is 0 Å². The third-order valence-corrected chi connectivity index (χ3v) is 9.55. The zero-order valence-corrected chi connectivity index (χ0v) is 30.9. The summed E-state index contributed by atoms with van der Waals surface area (Å²) in [6, 6.07) is 33.4. The van der Waals surface area contributed by atoms with Gasteiger partial charge < -0.3 is 63.1 Å². The zero-order valence-electron chi connectivity index (χ0n) is 30.9. The van der Waals surface area contributed by atoms with E-state index in [4.69, 9.17) is 42.6 Å². The Morgan fingerprint density at radius 2 is 0.818 bits per heavy atom. The molecule has 296 valence electrons. The van der Waals surface area contributed by atoms with Crippen molar-refractivity contribution in [3.05, 3.63) is 131 Å². The van der Waals surface area contributed by atoms with Gasteiger partial charge in [0.15, 0.2) is 12.6 Å². The second-order valence-corrected chi connectivity index (χ2v) is 13.4. The fourth-order valence-electron chi connectivity index (χ4n) is 6.35. The van der Waals surface area contributed by atoms with Crippen LogP contribution in [0.15, 0.2) is 109 Å². The van der Waals surface area contributed by atoms with Crippen molar-refractivity contribution >= 4 is 0 Å². The first-order valence-corrected chi connectivity index (χ1v) is 18.2. The monoisotopic (exact) mass is 762 g/mol. The van der Waals surface area contributed by atoms with Gasteiger partial charge in [0.25, 0.3) is 0 Å². The lowest BCUT2D eigenvalue weighted by atomic mass is 9.97. The van der Waals surface area contributed by atoms with Crippen molar-refractivity contribution in [3.8, 4) is 11.5 Å². The lowest BCUT2D eigenvalue weighted by molar-refractivity contribution is -0.386. The molecule has 0 bridgehead atoms. The van der Waals surface area contributed by atoms with E-state index in [9.17, 15) is 20.4 Å². The molecule has 0 amide bonds. The molecule has 2 heterocycles. The molecule has 4 aromatic rings. The Balaban J connectivity index is 1.19.